The third kappa shape index (κ3) is 4.67. The van der Waals surface area contributed by atoms with Crippen LogP contribution in [0.5, 0.6) is 0 Å². The third-order valence-corrected chi connectivity index (χ3v) is 3.96. The lowest BCUT2D eigenvalue weighted by Crippen LogP contribution is -2.38. The van der Waals surface area contributed by atoms with Gasteiger partial charge >= 0.3 is 6.18 Å². The van der Waals surface area contributed by atoms with E-state index in [9.17, 15) is 22.4 Å². The smallest absolute Gasteiger partial charge is 0.322 e. The molecule has 0 bridgehead atoms. The molecule has 0 aromatic heterocycles. The van der Waals surface area contributed by atoms with E-state index in [4.69, 9.17) is 5.73 Å². The molecule has 2 aromatic carbocycles. The van der Waals surface area contributed by atoms with Gasteiger partial charge in [0, 0.05) is 3.57 Å². The normalized spacial score (nSPS) is 12.8. The standard InChI is InChI=1S/C16H13F4IN2O/c17-12-8-10(21)5-6-14(12)23-15(24)13(22)7-9-3-1-2-4-11(9)16(18,19)20/h1-6,8,13H,7,22H2,(H,23,24). The van der Waals surface area contributed by atoms with E-state index in [1.54, 1.807) is 6.07 Å². The van der Waals surface area contributed by atoms with Gasteiger partial charge in [0.2, 0.25) is 5.91 Å². The number of hydrogen-bond donors (Lipinski definition) is 2. The molecule has 3 N–H and O–H groups in total. The highest BCUT2D eigenvalue weighted by atomic mass is 127. The van der Waals surface area contributed by atoms with Gasteiger partial charge in [-0.2, -0.15) is 13.2 Å². The minimum atomic E-state index is -4.53. The number of rotatable bonds is 4. The maximum atomic E-state index is 13.7. The minimum absolute atomic E-state index is 0.0695. The van der Waals surface area contributed by atoms with Crippen molar-refractivity contribution >= 4 is 34.2 Å². The molecule has 0 aliphatic heterocycles. The van der Waals surface area contributed by atoms with Crippen molar-refractivity contribution in [3.05, 3.63) is 63.0 Å². The van der Waals surface area contributed by atoms with Crippen LogP contribution in [-0.4, -0.2) is 11.9 Å². The Kier molecular flexibility index (Phi) is 5.81. The molecule has 3 nitrogen and oxygen atoms in total. The lowest BCUT2D eigenvalue weighted by Gasteiger charge is -2.16. The number of alkyl halides is 3. The summed E-state index contributed by atoms with van der Waals surface area (Å²) in [7, 11) is 0. The molecule has 8 heteroatoms. The molecule has 0 spiro atoms. The summed E-state index contributed by atoms with van der Waals surface area (Å²) in [5.41, 5.74) is 4.69. The number of halogens is 5. The van der Waals surface area contributed by atoms with Gasteiger partial charge in [-0.25, -0.2) is 4.39 Å². The van der Waals surface area contributed by atoms with E-state index in [0.717, 1.165) is 6.07 Å². The predicted octanol–water partition coefficient (Wildman–Crippen LogP) is 3.96. The van der Waals surface area contributed by atoms with Crippen LogP contribution in [0.4, 0.5) is 23.2 Å². The number of nitrogens with two attached hydrogens (primary N) is 1. The Labute approximate surface area is 149 Å². The SMILES string of the molecule is NC(Cc1ccccc1C(F)(F)F)C(=O)Nc1ccc(I)cc1F. The summed E-state index contributed by atoms with van der Waals surface area (Å²) in [5, 5.41) is 2.29. The molecule has 0 saturated carbocycles. The van der Waals surface area contributed by atoms with Crippen LogP contribution >= 0.6 is 22.6 Å². The summed E-state index contributed by atoms with van der Waals surface area (Å²) in [5.74, 6) is -1.40. The second-order valence-electron chi connectivity index (χ2n) is 5.08. The Morgan fingerprint density at radius 3 is 2.50 bits per heavy atom. The van der Waals surface area contributed by atoms with Gasteiger partial charge in [-0.15, -0.1) is 0 Å². The summed E-state index contributed by atoms with van der Waals surface area (Å²) in [6.45, 7) is 0. The predicted molar refractivity (Wildman–Crippen MR) is 90.9 cm³/mol. The van der Waals surface area contributed by atoms with Crippen LogP contribution in [0.1, 0.15) is 11.1 Å². The van der Waals surface area contributed by atoms with Crippen LogP contribution in [0, 0.1) is 9.39 Å². The van der Waals surface area contributed by atoms with Gasteiger partial charge in [-0.3, -0.25) is 4.79 Å². The molecule has 2 aromatic rings. The maximum Gasteiger partial charge on any atom is 0.416 e. The summed E-state index contributed by atoms with van der Waals surface area (Å²) in [6, 6.07) is 7.83. The Hall–Kier alpha value is -1.68. The van der Waals surface area contributed by atoms with Crippen LogP contribution in [-0.2, 0) is 17.4 Å². The Morgan fingerprint density at radius 2 is 1.88 bits per heavy atom. The second-order valence-corrected chi connectivity index (χ2v) is 6.32. The second kappa shape index (κ2) is 7.47. The molecule has 128 valence electrons. The maximum absolute atomic E-state index is 13.7. The van der Waals surface area contributed by atoms with Gasteiger partial charge in [-0.05, 0) is 58.8 Å². The first-order valence-electron chi connectivity index (χ1n) is 6.85. The number of benzene rings is 2. The van der Waals surface area contributed by atoms with E-state index in [-0.39, 0.29) is 17.7 Å². The van der Waals surface area contributed by atoms with E-state index in [0.29, 0.717) is 3.57 Å². The van der Waals surface area contributed by atoms with E-state index in [2.05, 4.69) is 5.32 Å². The molecule has 0 heterocycles. The van der Waals surface area contributed by atoms with Gasteiger partial charge in [-0.1, -0.05) is 18.2 Å². The van der Waals surface area contributed by atoms with E-state index in [1.165, 1.54) is 30.3 Å². The molecule has 0 saturated heterocycles. The summed E-state index contributed by atoms with van der Waals surface area (Å²) < 4.78 is 53.2. The van der Waals surface area contributed by atoms with Gasteiger partial charge in [0.05, 0.1) is 17.3 Å². The first-order chi connectivity index (χ1) is 11.2. The van der Waals surface area contributed by atoms with Crippen molar-refractivity contribution in [1.82, 2.24) is 0 Å². The van der Waals surface area contributed by atoms with Crippen molar-refractivity contribution < 1.29 is 22.4 Å². The lowest BCUT2D eigenvalue weighted by atomic mass is 10.00. The fourth-order valence-electron chi connectivity index (χ4n) is 2.12. The van der Waals surface area contributed by atoms with Crippen molar-refractivity contribution in [2.45, 2.75) is 18.6 Å². The highest BCUT2D eigenvalue weighted by Gasteiger charge is 2.33. The van der Waals surface area contributed by atoms with Gasteiger partial charge in [0.1, 0.15) is 5.82 Å². The Balaban J connectivity index is 2.13. The van der Waals surface area contributed by atoms with Crippen molar-refractivity contribution in [2.75, 3.05) is 5.32 Å². The van der Waals surface area contributed by atoms with Gasteiger partial charge in [0.25, 0.3) is 0 Å². The topological polar surface area (TPSA) is 55.1 Å². The number of hydrogen-bond acceptors (Lipinski definition) is 2. The van der Waals surface area contributed by atoms with Crippen molar-refractivity contribution in [2.24, 2.45) is 5.73 Å². The number of anilines is 1. The van der Waals surface area contributed by atoms with Crippen LogP contribution in [0.15, 0.2) is 42.5 Å². The molecule has 1 unspecified atom stereocenters. The third-order valence-electron chi connectivity index (χ3n) is 3.29. The largest absolute Gasteiger partial charge is 0.416 e. The molecule has 24 heavy (non-hydrogen) atoms. The molecule has 0 aliphatic rings. The zero-order valence-corrected chi connectivity index (χ0v) is 14.4. The van der Waals surface area contributed by atoms with Crippen molar-refractivity contribution in [3.8, 4) is 0 Å². The summed E-state index contributed by atoms with van der Waals surface area (Å²) in [6.07, 6.45) is -4.84. The minimum Gasteiger partial charge on any atom is -0.322 e. The Morgan fingerprint density at radius 1 is 1.21 bits per heavy atom. The summed E-state index contributed by atoms with van der Waals surface area (Å²) in [4.78, 5) is 12.0. The molecule has 0 radical (unpaired) electrons. The molecular weight excluding hydrogens is 439 g/mol. The molecule has 0 aliphatic carbocycles. The molecular formula is C16H13F4IN2O. The number of carbonyl (C=O) groups excluding carboxylic acids is 1. The number of nitrogens with one attached hydrogen (secondary N) is 1. The lowest BCUT2D eigenvalue weighted by molar-refractivity contribution is -0.138. The highest BCUT2D eigenvalue weighted by Crippen LogP contribution is 2.32. The first kappa shape index (κ1) is 18.7. The number of amides is 1. The molecule has 1 atom stereocenters. The molecule has 0 fully saturated rings. The van der Waals surface area contributed by atoms with Crippen molar-refractivity contribution in [1.29, 1.82) is 0 Å². The van der Waals surface area contributed by atoms with E-state index < -0.39 is 29.5 Å². The Bertz CT molecular complexity index is 749. The van der Waals surface area contributed by atoms with Crippen LogP contribution in [0.3, 0.4) is 0 Å². The van der Waals surface area contributed by atoms with Gasteiger partial charge in [0.15, 0.2) is 0 Å². The average molecular weight is 452 g/mol. The van der Waals surface area contributed by atoms with E-state index in [1.807, 2.05) is 22.6 Å². The fourth-order valence-corrected chi connectivity index (χ4v) is 2.57. The van der Waals surface area contributed by atoms with Crippen LogP contribution < -0.4 is 11.1 Å². The van der Waals surface area contributed by atoms with Gasteiger partial charge < -0.3 is 11.1 Å². The zero-order valence-electron chi connectivity index (χ0n) is 12.2. The molecule has 1 amide bonds. The number of carbonyl (C=O) groups is 1. The zero-order chi connectivity index (χ0) is 17.9. The van der Waals surface area contributed by atoms with Crippen LogP contribution in [0.25, 0.3) is 0 Å². The highest BCUT2D eigenvalue weighted by molar-refractivity contribution is 14.1. The average Bonchev–Trinajstić information content (AvgIpc) is 2.49. The summed E-state index contributed by atoms with van der Waals surface area (Å²) >= 11 is 1.91. The fraction of sp³-hybridized carbons (Fsp3) is 0.188. The van der Waals surface area contributed by atoms with Crippen LogP contribution in [0.2, 0.25) is 0 Å². The van der Waals surface area contributed by atoms with E-state index >= 15 is 0 Å². The monoisotopic (exact) mass is 452 g/mol. The molecule has 2 rings (SSSR count). The van der Waals surface area contributed by atoms with Crippen molar-refractivity contribution in [3.63, 3.8) is 0 Å². The quantitative estimate of drug-likeness (QED) is 0.546. The first-order valence-corrected chi connectivity index (χ1v) is 7.93.